The van der Waals surface area contributed by atoms with Gasteiger partial charge in [0.1, 0.15) is 12.2 Å². The van der Waals surface area contributed by atoms with Crippen LogP contribution in [0.5, 0.6) is 0 Å². The predicted molar refractivity (Wildman–Crippen MR) is 113 cm³/mol. The molecule has 0 saturated heterocycles. The molecule has 2 unspecified atom stereocenters. The molecule has 2 N–H and O–H groups in total. The number of carbonyl (C=O) groups is 1. The zero-order valence-corrected chi connectivity index (χ0v) is 17.0. The summed E-state index contributed by atoms with van der Waals surface area (Å²) in [5, 5.41) is 4.23. The number of nitrogens with zero attached hydrogens (tertiary/aromatic N) is 2. The van der Waals surface area contributed by atoms with Crippen LogP contribution >= 0.6 is 0 Å². The van der Waals surface area contributed by atoms with Gasteiger partial charge in [0.2, 0.25) is 0 Å². The number of aromatic amines is 1. The summed E-state index contributed by atoms with van der Waals surface area (Å²) >= 11 is 0. The molecule has 2 aromatic heterocycles. The first-order valence-electron chi connectivity index (χ1n) is 10.5. The highest BCUT2D eigenvalue weighted by Crippen LogP contribution is 2.29. The lowest BCUT2D eigenvalue weighted by Gasteiger charge is -2.38. The number of H-pyrrole nitrogens is 1. The van der Waals surface area contributed by atoms with Crippen molar-refractivity contribution in [1.82, 2.24) is 20.2 Å². The van der Waals surface area contributed by atoms with E-state index in [0.717, 1.165) is 34.2 Å². The van der Waals surface area contributed by atoms with Gasteiger partial charge < -0.3 is 15.2 Å². The normalized spacial score (nSPS) is 19.5. The molecule has 0 bridgehead atoms. The van der Waals surface area contributed by atoms with E-state index in [1.165, 1.54) is 0 Å². The Bertz CT molecular complexity index is 985. The summed E-state index contributed by atoms with van der Waals surface area (Å²) in [5.41, 5.74) is 1.99. The molecule has 164 valence electrons. The van der Waals surface area contributed by atoms with Crippen molar-refractivity contribution in [2.24, 2.45) is 0 Å². The number of fused-ring (bicyclic) bond motifs is 1. The summed E-state index contributed by atoms with van der Waals surface area (Å²) in [7, 11) is 0. The molecule has 8 heteroatoms. The molecule has 1 aliphatic carbocycles. The van der Waals surface area contributed by atoms with E-state index in [2.05, 4.69) is 15.3 Å². The van der Waals surface area contributed by atoms with Crippen LogP contribution in [0.25, 0.3) is 10.9 Å². The summed E-state index contributed by atoms with van der Waals surface area (Å²) in [6, 6.07) is 12.3. The molecule has 0 radical (unpaired) electrons. The first-order valence-corrected chi connectivity index (χ1v) is 10.5. The maximum Gasteiger partial charge on any atom is 0.406 e. The number of alkyl halides is 3. The van der Waals surface area contributed by atoms with Gasteiger partial charge >= 0.3 is 6.18 Å². The predicted octanol–water partition coefficient (Wildman–Crippen LogP) is 4.67. The zero-order valence-electron chi connectivity index (χ0n) is 17.0. The number of halogens is 3. The lowest BCUT2D eigenvalue weighted by atomic mass is 9.89. The highest BCUT2D eigenvalue weighted by Gasteiger charge is 2.39. The lowest BCUT2D eigenvalue weighted by Crippen LogP contribution is -2.50. The van der Waals surface area contributed by atoms with E-state index >= 15 is 0 Å². The third kappa shape index (κ3) is 5.44. The number of pyridine rings is 1. The molecule has 1 aromatic carbocycles. The number of hydrogen-bond acceptors (Lipinski definition) is 3. The highest BCUT2D eigenvalue weighted by molar-refractivity contribution is 5.98. The Balaban J connectivity index is 1.50. The standard InChI is InChI=1S/C23H25F3N4O/c24-23(25,26)15-30(22(31)21-12-17-4-1-2-7-20(17)29-21)19-6-3-5-18(13-19)28-14-16-8-10-27-11-9-16/h1-2,4,7-12,18-19,28-29H,3,5-6,13-15H2. The number of nitrogens with one attached hydrogen (secondary N) is 2. The van der Waals surface area contributed by atoms with Gasteiger partial charge in [-0.3, -0.25) is 9.78 Å². The lowest BCUT2D eigenvalue weighted by molar-refractivity contribution is -0.146. The molecule has 1 fully saturated rings. The summed E-state index contributed by atoms with van der Waals surface area (Å²) in [6.45, 7) is -0.627. The van der Waals surface area contributed by atoms with E-state index in [0.29, 0.717) is 19.4 Å². The van der Waals surface area contributed by atoms with Crippen molar-refractivity contribution >= 4 is 16.8 Å². The van der Waals surface area contributed by atoms with Crippen LogP contribution in [0.4, 0.5) is 13.2 Å². The summed E-state index contributed by atoms with van der Waals surface area (Å²) < 4.78 is 40.1. The smallest absolute Gasteiger partial charge is 0.351 e. The molecule has 4 rings (SSSR count). The second kappa shape index (κ2) is 9.09. The first-order chi connectivity index (χ1) is 14.9. The Hall–Kier alpha value is -2.87. The average molecular weight is 430 g/mol. The third-order valence-electron chi connectivity index (χ3n) is 5.80. The molecule has 1 saturated carbocycles. The minimum absolute atomic E-state index is 0.0539. The van der Waals surface area contributed by atoms with E-state index in [1.54, 1.807) is 24.5 Å². The minimum Gasteiger partial charge on any atom is -0.351 e. The summed E-state index contributed by atoms with van der Waals surface area (Å²) in [4.78, 5) is 21.1. The Labute approximate surface area is 178 Å². The van der Waals surface area contributed by atoms with E-state index < -0.39 is 24.7 Å². The third-order valence-corrected chi connectivity index (χ3v) is 5.80. The van der Waals surface area contributed by atoms with E-state index in [4.69, 9.17) is 0 Å². The highest BCUT2D eigenvalue weighted by atomic mass is 19.4. The molecule has 1 aliphatic rings. The Morgan fingerprint density at radius 1 is 1.16 bits per heavy atom. The van der Waals surface area contributed by atoms with Crippen molar-refractivity contribution in [1.29, 1.82) is 0 Å². The maximum atomic E-state index is 13.4. The van der Waals surface area contributed by atoms with Gasteiger partial charge in [0.05, 0.1) is 0 Å². The number of rotatable bonds is 6. The number of para-hydroxylation sites is 1. The number of carbonyl (C=O) groups excluding carboxylic acids is 1. The molecule has 0 spiro atoms. The van der Waals surface area contributed by atoms with Crippen LogP contribution in [-0.4, -0.2) is 45.6 Å². The quantitative estimate of drug-likeness (QED) is 0.598. The topological polar surface area (TPSA) is 61.0 Å². The van der Waals surface area contributed by atoms with Crippen molar-refractivity contribution in [3.05, 3.63) is 66.1 Å². The monoisotopic (exact) mass is 430 g/mol. The van der Waals surface area contributed by atoms with Gasteiger partial charge in [-0.1, -0.05) is 18.2 Å². The second-order valence-corrected chi connectivity index (χ2v) is 8.07. The van der Waals surface area contributed by atoms with Crippen molar-refractivity contribution in [2.45, 2.75) is 50.5 Å². The Morgan fingerprint density at radius 3 is 2.68 bits per heavy atom. The van der Waals surface area contributed by atoms with Crippen molar-refractivity contribution in [3.8, 4) is 0 Å². The van der Waals surface area contributed by atoms with Crippen molar-refractivity contribution in [3.63, 3.8) is 0 Å². The van der Waals surface area contributed by atoms with Crippen LogP contribution in [0.3, 0.4) is 0 Å². The number of hydrogen-bond donors (Lipinski definition) is 2. The number of benzene rings is 1. The van der Waals surface area contributed by atoms with E-state index in [9.17, 15) is 18.0 Å². The zero-order chi connectivity index (χ0) is 21.8. The largest absolute Gasteiger partial charge is 0.406 e. The van der Waals surface area contributed by atoms with E-state index in [1.807, 2.05) is 30.3 Å². The molecule has 2 heterocycles. The van der Waals surface area contributed by atoms with Crippen LogP contribution in [0, 0.1) is 0 Å². The van der Waals surface area contributed by atoms with Crippen LogP contribution < -0.4 is 5.32 Å². The van der Waals surface area contributed by atoms with Crippen LogP contribution in [0.2, 0.25) is 0 Å². The minimum atomic E-state index is -4.46. The molecular weight excluding hydrogens is 405 g/mol. The SMILES string of the molecule is O=C(c1cc2ccccc2[nH]1)N(CC(F)(F)F)C1CCCC(NCc2ccncc2)C1. The van der Waals surface area contributed by atoms with Gasteiger partial charge in [0.25, 0.3) is 5.91 Å². The van der Waals surface area contributed by atoms with Gasteiger partial charge in [0.15, 0.2) is 0 Å². The molecule has 3 aromatic rings. The van der Waals surface area contributed by atoms with Crippen molar-refractivity contribution in [2.75, 3.05) is 6.54 Å². The van der Waals surface area contributed by atoms with E-state index in [-0.39, 0.29) is 11.7 Å². The fourth-order valence-corrected chi connectivity index (χ4v) is 4.30. The van der Waals surface area contributed by atoms with Gasteiger partial charge in [-0.25, -0.2) is 0 Å². The van der Waals surface area contributed by atoms with Crippen LogP contribution in [0.1, 0.15) is 41.7 Å². The fourth-order valence-electron chi connectivity index (χ4n) is 4.30. The van der Waals surface area contributed by atoms with Gasteiger partial charge in [-0.05, 0) is 55.5 Å². The molecule has 5 nitrogen and oxygen atoms in total. The summed E-state index contributed by atoms with van der Waals surface area (Å²) in [5.74, 6) is -0.603. The first kappa shape index (κ1) is 21.4. The molecule has 1 amide bonds. The number of aromatic nitrogens is 2. The average Bonchev–Trinajstić information content (AvgIpc) is 3.20. The van der Waals surface area contributed by atoms with Crippen LogP contribution in [-0.2, 0) is 6.54 Å². The molecule has 0 aliphatic heterocycles. The molecule has 2 atom stereocenters. The molecule has 31 heavy (non-hydrogen) atoms. The summed E-state index contributed by atoms with van der Waals surface area (Å²) in [6.07, 6.45) is 1.67. The Morgan fingerprint density at radius 2 is 1.94 bits per heavy atom. The maximum absolute atomic E-state index is 13.4. The Kier molecular flexibility index (Phi) is 6.27. The fraction of sp³-hybridized carbons (Fsp3) is 0.391. The second-order valence-electron chi connectivity index (χ2n) is 8.07. The van der Waals surface area contributed by atoms with Gasteiger partial charge in [0, 0.05) is 41.9 Å². The molecular formula is C23H25F3N4O. The van der Waals surface area contributed by atoms with Gasteiger partial charge in [-0.15, -0.1) is 0 Å². The number of amides is 1. The van der Waals surface area contributed by atoms with Gasteiger partial charge in [-0.2, -0.15) is 13.2 Å². The van der Waals surface area contributed by atoms with Crippen molar-refractivity contribution < 1.29 is 18.0 Å². The van der Waals surface area contributed by atoms with Crippen LogP contribution in [0.15, 0.2) is 54.9 Å².